The second-order valence-electron chi connectivity index (χ2n) is 4.24. The summed E-state index contributed by atoms with van der Waals surface area (Å²) in [5.74, 6) is -6.10. The van der Waals surface area contributed by atoms with Gasteiger partial charge in [0.25, 0.3) is 0 Å². The zero-order valence-corrected chi connectivity index (χ0v) is 11.6. The Morgan fingerprint density at radius 2 is 1.62 bits per heavy atom. The Morgan fingerprint density at radius 3 is 2.24 bits per heavy atom. The average molecular weight is 333 g/mol. The third kappa shape index (κ3) is 2.13. The van der Waals surface area contributed by atoms with Gasteiger partial charge in [0.2, 0.25) is 0 Å². The minimum atomic E-state index is -1.54. The zero-order chi connectivity index (χ0) is 15.3. The van der Waals surface area contributed by atoms with Crippen molar-refractivity contribution in [1.82, 2.24) is 9.55 Å². The van der Waals surface area contributed by atoms with E-state index in [0.29, 0.717) is 5.52 Å². The number of hydrogen-bond donors (Lipinski definition) is 1. The molecule has 0 atom stereocenters. The zero-order valence-electron chi connectivity index (χ0n) is 10.1. The van der Waals surface area contributed by atoms with Crippen molar-refractivity contribution in [3.8, 4) is 5.69 Å². The fraction of sp³-hybridized carbons (Fsp3) is 0. The van der Waals surface area contributed by atoms with Crippen molar-refractivity contribution in [2.75, 3.05) is 0 Å². The number of aromatic nitrogens is 2. The van der Waals surface area contributed by atoms with Crippen LogP contribution in [0.2, 0.25) is 5.02 Å². The quantitative estimate of drug-likeness (QED) is 0.382. The smallest absolute Gasteiger partial charge is 0.186 e. The van der Waals surface area contributed by atoms with E-state index in [1.807, 2.05) is 0 Å². The van der Waals surface area contributed by atoms with Gasteiger partial charge in [-0.3, -0.25) is 4.57 Å². The van der Waals surface area contributed by atoms with E-state index in [9.17, 15) is 17.6 Å². The van der Waals surface area contributed by atoms with Crippen LogP contribution >= 0.6 is 23.8 Å². The number of H-pyrrole nitrogens is 1. The van der Waals surface area contributed by atoms with Crippen molar-refractivity contribution in [3.63, 3.8) is 0 Å². The van der Waals surface area contributed by atoms with Gasteiger partial charge < -0.3 is 4.98 Å². The van der Waals surface area contributed by atoms with Gasteiger partial charge in [-0.1, -0.05) is 11.6 Å². The molecule has 0 fully saturated rings. The Morgan fingerprint density at radius 1 is 1.00 bits per heavy atom. The lowest BCUT2D eigenvalue weighted by atomic mass is 10.2. The van der Waals surface area contributed by atoms with E-state index in [-0.39, 0.29) is 21.4 Å². The van der Waals surface area contributed by atoms with E-state index >= 15 is 0 Å². The molecule has 1 N–H and O–H groups in total. The van der Waals surface area contributed by atoms with E-state index in [1.165, 1.54) is 12.1 Å². The summed E-state index contributed by atoms with van der Waals surface area (Å²) in [6, 6.07) is 4.60. The molecule has 0 saturated carbocycles. The number of halogens is 5. The van der Waals surface area contributed by atoms with Gasteiger partial charge in [-0.25, -0.2) is 17.6 Å². The van der Waals surface area contributed by atoms with Crippen LogP contribution in [0.15, 0.2) is 24.3 Å². The molecule has 0 amide bonds. The normalized spacial score (nSPS) is 11.3. The third-order valence-electron chi connectivity index (χ3n) is 2.96. The van der Waals surface area contributed by atoms with Crippen LogP contribution in [0.3, 0.4) is 0 Å². The molecule has 1 heterocycles. The highest BCUT2D eigenvalue weighted by molar-refractivity contribution is 7.71. The van der Waals surface area contributed by atoms with Gasteiger partial charge in [-0.05, 0) is 30.4 Å². The predicted molar refractivity (Wildman–Crippen MR) is 73.3 cm³/mol. The lowest BCUT2D eigenvalue weighted by molar-refractivity contribution is 0.448. The minimum absolute atomic E-state index is 0.116. The Bertz CT molecular complexity index is 906. The van der Waals surface area contributed by atoms with Crippen molar-refractivity contribution in [2.45, 2.75) is 0 Å². The van der Waals surface area contributed by atoms with Crippen LogP contribution in [-0.4, -0.2) is 9.55 Å². The molecule has 21 heavy (non-hydrogen) atoms. The minimum Gasteiger partial charge on any atom is -0.330 e. The molecule has 0 aliphatic carbocycles. The van der Waals surface area contributed by atoms with Crippen LogP contribution in [0.4, 0.5) is 17.6 Å². The molecule has 2 nitrogen and oxygen atoms in total. The van der Waals surface area contributed by atoms with E-state index in [1.54, 1.807) is 6.07 Å². The number of benzene rings is 2. The van der Waals surface area contributed by atoms with Crippen molar-refractivity contribution < 1.29 is 17.6 Å². The number of aromatic amines is 1. The van der Waals surface area contributed by atoms with Crippen LogP contribution in [-0.2, 0) is 0 Å². The molecule has 3 rings (SSSR count). The van der Waals surface area contributed by atoms with Crippen molar-refractivity contribution in [1.29, 1.82) is 0 Å². The molecule has 3 aromatic rings. The van der Waals surface area contributed by atoms with Crippen LogP contribution in [0.5, 0.6) is 0 Å². The Balaban J connectivity index is 2.49. The summed E-state index contributed by atoms with van der Waals surface area (Å²) in [5.41, 5.74) is -0.297. The van der Waals surface area contributed by atoms with Crippen molar-refractivity contribution in [2.24, 2.45) is 0 Å². The predicted octanol–water partition coefficient (Wildman–Crippen LogP) is 4.90. The number of imidazole rings is 1. The average Bonchev–Trinajstić information content (AvgIpc) is 2.73. The Labute approximate surface area is 125 Å². The summed E-state index contributed by atoms with van der Waals surface area (Å²) in [7, 11) is 0. The molecule has 2 aromatic carbocycles. The highest BCUT2D eigenvalue weighted by Crippen LogP contribution is 2.28. The summed E-state index contributed by atoms with van der Waals surface area (Å²) in [4.78, 5) is 2.69. The van der Waals surface area contributed by atoms with Gasteiger partial charge in [0.05, 0.1) is 11.0 Å². The molecule has 0 spiro atoms. The van der Waals surface area contributed by atoms with E-state index in [2.05, 4.69) is 4.98 Å². The van der Waals surface area contributed by atoms with Gasteiger partial charge in [-0.2, -0.15) is 0 Å². The van der Waals surface area contributed by atoms with Gasteiger partial charge in [0.1, 0.15) is 5.69 Å². The number of hydrogen-bond acceptors (Lipinski definition) is 1. The van der Waals surface area contributed by atoms with Gasteiger partial charge in [-0.15, -0.1) is 0 Å². The molecular weight excluding hydrogens is 328 g/mol. The molecule has 0 aliphatic rings. The fourth-order valence-electron chi connectivity index (χ4n) is 2.05. The molecule has 0 saturated heterocycles. The highest BCUT2D eigenvalue weighted by Gasteiger charge is 2.22. The maximum atomic E-state index is 13.9. The van der Waals surface area contributed by atoms with Crippen LogP contribution < -0.4 is 0 Å². The molecule has 0 aliphatic heterocycles. The summed E-state index contributed by atoms with van der Waals surface area (Å²) in [5, 5.41) is 0.281. The standard InChI is InChI=1S/C13H5ClF4N2S/c14-5-1-2-8-9(3-5)20(13(21)19-8)12-10(17)6(15)4-7(16)11(12)18/h1-4H,(H,19,21). The SMILES string of the molecule is Fc1cc(F)c(F)c(-n2c(=S)[nH]c3ccc(Cl)cc32)c1F. The Hall–Kier alpha value is -1.86. The molecule has 8 heteroatoms. The lowest BCUT2D eigenvalue weighted by Gasteiger charge is -2.09. The first-order chi connectivity index (χ1) is 9.90. The summed E-state index contributed by atoms with van der Waals surface area (Å²) in [6.45, 7) is 0. The third-order valence-corrected chi connectivity index (χ3v) is 3.48. The van der Waals surface area contributed by atoms with Crippen LogP contribution in [0.1, 0.15) is 0 Å². The number of rotatable bonds is 1. The maximum absolute atomic E-state index is 13.9. The second-order valence-corrected chi connectivity index (χ2v) is 5.07. The first kappa shape index (κ1) is 14.1. The largest absolute Gasteiger partial charge is 0.330 e. The van der Waals surface area contributed by atoms with Crippen molar-refractivity contribution >= 4 is 34.9 Å². The first-order valence-electron chi connectivity index (χ1n) is 5.64. The molecule has 0 unspecified atom stereocenters. The number of nitrogens with one attached hydrogen (secondary N) is 1. The monoisotopic (exact) mass is 332 g/mol. The van der Waals surface area contributed by atoms with E-state index in [0.717, 1.165) is 4.57 Å². The van der Waals surface area contributed by atoms with Crippen LogP contribution in [0.25, 0.3) is 16.7 Å². The van der Waals surface area contributed by atoms with E-state index < -0.39 is 29.0 Å². The van der Waals surface area contributed by atoms with Crippen LogP contribution in [0, 0.1) is 28.0 Å². The number of nitrogens with zero attached hydrogens (tertiary/aromatic N) is 1. The molecule has 0 bridgehead atoms. The topological polar surface area (TPSA) is 20.7 Å². The van der Waals surface area contributed by atoms with Gasteiger partial charge in [0.15, 0.2) is 28.0 Å². The second kappa shape index (κ2) is 4.85. The number of fused-ring (bicyclic) bond motifs is 1. The fourth-order valence-corrected chi connectivity index (χ4v) is 2.52. The molecule has 108 valence electrons. The summed E-state index contributed by atoms with van der Waals surface area (Å²) >= 11 is 10.8. The van der Waals surface area contributed by atoms with Gasteiger partial charge in [0, 0.05) is 11.1 Å². The highest BCUT2D eigenvalue weighted by atomic mass is 35.5. The van der Waals surface area contributed by atoms with E-state index in [4.69, 9.17) is 23.8 Å². The maximum Gasteiger partial charge on any atom is 0.186 e. The molecular formula is C13H5ClF4N2S. The lowest BCUT2D eigenvalue weighted by Crippen LogP contribution is -2.06. The Kier molecular flexibility index (Phi) is 3.26. The first-order valence-corrected chi connectivity index (χ1v) is 6.42. The summed E-state index contributed by atoms with van der Waals surface area (Å²) < 4.78 is 55.3. The summed E-state index contributed by atoms with van der Waals surface area (Å²) in [6.07, 6.45) is 0. The molecule has 1 aromatic heterocycles. The van der Waals surface area contributed by atoms with Crippen molar-refractivity contribution in [3.05, 3.63) is 57.3 Å². The molecule has 0 radical (unpaired) electrons. The van der Waals surface area contributed by atoms with Gasteiger partial charge >= 0.3 is 0 Å².